The normalized spacial score (nSPS) is 21.7. The van der Waals surface area contributed by atoms with E-state index in [-0.39, 0.29) is 0 Å². The smallest absolute Gasteiger partial charge is 0.163 e. The van der Waals surface area contributed by atoms with E-state index in [0.29, 0.717) is 17.5 Å². The highest BCUT2D eigenvalue weighted by atomic mass is 15.3. The molecular formula is C19H20N8. The zero-order chi connectivity index (χ0) is 18.5. The Balaban J connectivity index is 1.46. The maximum Gasteiger partial charge on any atom is 0.163 e. The lowest BCUT2D eigenvalue weighted by atomic mass is 10.1. The molecule has 0 bridgehead atoms. The molecule has 2 aliphatic heterocycles. The van der Waals surface area contributed by atoms with Crippen molar-refractivity contribution in [3.8, 4) is 6.07 Å². The summed E-state index contributed by atoms with van der Waals surface area (Å²) in [4.78, 5) is 18.5. The molecule has 0 saturated carbocycles. The zero-order valence-electron chi connectivity index (χ0n) is 15.4. The first-order valence-electron chi connectivity index (χ1n) is 9.18. The summed E-state index contributed by atoms with van der Waals surface area (Å²) in [6.07, 6.45) is 4.66. The van der Waals surface area contributed by atoms with Gasteiger partial charge in [0.25, 0.3) is 0 Å². The van der Waals surface area contributed by atoms with Crippen LogP contribution in [0.3, 0.4) is 0 Å². The molecule has 27 heavy (non-hydrogen) atoms. The van der Waals surface area contributed by atoms with E-state index in [1.54, 1.807) is 6.20 Å². The monoisotopic (exact) mass is 360 g/mol. The summed E-state index contributed by atoms with van der Waals surface area (Å²) < 4.78 is 1.81. The van der Waals surface area contributed by atoms with Gasteiger partial charge < -0.3 is 9.80 Å². The second kappa shape index (κ2) is 5.91. The molecule has 2 aliphatic rings. The maximum atomic E-state index is 8.97. The first kappa shape index (κ1) is 16.0. The number of aryl methyl sites for hydroxylation is 2. The van der Waals surface area contributed by atoms with E-state index >= 15 is 0 Å². The number of hydrogen-bond acceptors (Lipinski definition) is 7. The lowest BCUT2D eigenvalue weighted by Crippen LogP contribution is -2.36. The number of hydrogen-bond donors (Lipinski definition) is 0. The summed E-state index contributed by atoms with van der Waals surface area (Å²) in [6.45, 7) is 4.84. The quantitative estimate of drug-likeness (QED) is 0.687. The number of nitrogens with zero attached hydrogens (tertiary/aromatic N) is 8. The first-order valence-corrected chi connectivity index (χ1v) is 9.18. The van der Waals surface area contributed by atoms with E-state index in [9.17, 15) is 0 Å². The highest BCUT2D eigenvalue weighted by Gasteiger charge is 2.43. The minimum Gasteiger partial charge on any atom is -0.354 e. The van der Waals surface area contributed by atoms with Crippen LogP contribution in [0.15, 0.2) is 24.5 Å². The molecule has 2 saturated heterocycles. The molecule has 3 aromatic rings. The Morgan fingerprint density at radius 1 is 1.19 bits per heavy atom. The van der Waals surface area contributed by atoms with Crippen molar-refractivity contribution >= 4 is 22.7 Å². The average molecular weight is 360 g/mol. The van der Waals surface area contributed by atoms with Crippen LogP contribution in [0, 0.1) is 24.2 Å². The molecule has 2 unspecified atom stereocenters. The van der Waals surface area contributed by atoms with Gasteiger partial charge in [0, 0.05) is 38.8 Å². The first-order chi connectivity index (χ1) is 13.1. The van der Waals surface area contributed by atoms with E-state index in [4.69, 9.17) is 10.2 Å². The molecule has 0 aliphatic carbocycles. The number of anilines is 2. The summed E-state index contributed by atoms with van der Waals surface area (Å²) in [5.74, 6) is 3.29. The highest BCUT2D eigenvalue weighted by molar-refractivity contribution is 5.87. The summed E-state index contributed by atoms with van der Waals surface area (Å²) in [5, 5.41) is 14.4. The van der Waals surface area contributed by atoms with E-state index in [1.165, 1.54) is 0 Å². The number of fused-ring (bicyclic) bond motifs is 2. The van der Waals surface area contributed by atoms with E-state index in [2.05, 4.69) is 30.9 Å². The third-order valence-electron chi connectivity index (χ3n) is 5.70. The van der Waals surface area contributed by atoms with E-state index in [1.807, 2.05) is 37.0 Å². The number of rotatable bonds is 2. The van der Waals surface area contributed by atoms with Crippen LogP contribution in [0.1, 0.15) is 17.8 Å². The SMILES string of the molecule is Cc1nc(N2CCC3CN(c4ccc(C#N)cn4)CC32)c2cnn(C)c2n1. The van der Waals surface area contributed by atoms with Gasteiger partial charge in [0.2, 0.25) is 0 Å². The number of nitriles is 1. The summed E-state index contributed by atoms with van der Waals surface area (Å²) in [6, 6.07) is 6.31. The van der Waals surface area contributed by atoms with Crippen molar-refractivity contribution in [1.82, 2.24) is 24.7 Å². The Morgan fingerprint density at radius 2 is 2.07 bits per heavy atom. The minimum absolute atomic E-state index is 0.403. The van der Waals surface area contributed by atoms with Gasteiger partial charge in [-0.05, 0) is 25.5 Å². The molecular weight excluding hydrogens is 340 g/mol. The fourth-order valence-electron chi connectivity index (χ4n) is 4.38. The molecule has 3 aromatic heterocycles. The summed E-state index contributed by atoms with van der Waals surface area (Å²) in [5.41, 5.74) is 1.47. The van der Waals surface area contributed by atoms with Gasteiger partial charge in [0.1, 0.15) is 23.5 Å². The molecule has 8 heteroatoms. The molecule has 0 aromatic carbocycles. The molecule has 0 spiro atoms. The second-order valence-electron chi connectivity index (χ2n) is 7.33. The Hall–Kier alpha value is -3.21. The molecule has 2 atom stereocenters. The molecule has 5 heterocycles. The second-order valence-corrected chi connectivity index (χ2v) is 7.33. The van der Waals surface area contributed by atoms with Crippen molar-refractivity contribution in [3.05, 3.63) is 35.9 Å². The Bertz CT molecular complexity index is 1050. The summed E-state index contributed by atoms with van der Waals surface area (Å²) >= 11 is 0. The fourth-order valence-corrected chi connectivity index (χ4v) is 4.38. The van der Waals surface area contributed by atoms with Gasteiger partial charge in [-0.25, -0.2) is 15.0 Å². The highest BCUT2D eigenvalue weighted by Crippen LogP contribution is 2.38. The van der Waals surface area contributed by atoms with Crippen LogP contribution in [0.25, 0.3) is 11.0 Å². The van der Waals surface area contributed by atoms with Gasteiger partial charge in [-0.3, -0.25) is 4.68 Å². The van der Waals surface area contributed by atoms with Crippen LogP contribution < -0.4 is 9.80 Å². The van der Waals surface area contributed by atoms with Gasteiger partial charge in [0.05, 0.1) is 23.2 Å². The van der Waals surface area contributed by atoms with Crippen LogP contribution in [-0.2, 0) is 7.05 Å². The third-order valence-corrected chi connectivity index (χ3v) is 5.70. The van der Waals surface area contributed by atoms with E-state index in [0.717, 1.165) is 54.5 Å². The maximum absolute atomic E-state index is 8.97. The van der Waals surface area contributed by atoms with Crippen molar-refractivity contribution in [2.45, 2.75) is 19.4 Å². The predicted molar refractivity (Wildman–Crippen MR) is 101 cm³/mol. The molecule has 0 amide bonds. The van der Waals surface area contributed by atoms with Gasteiger partial charge in [-0.15, -0.1) is 0 Å². The minimum atomic E-state index is 0.403. The molecule has 136 valence electrons. The third kappa shape index (κ3) is 2.50. The number of pyridine rings is 1. The van der Waals surface area contributed by atoms with Gasteiger partial charge in [-0.1, -0.05) is 0 Å². The standard InChI is InChI=1S/C19H20N8/c1-12-23-18-15(9-22-25(18)2)19(24-12)27-6-5-14-10-26(11-16(14)27)17-4-3-13(7-20)8-21-17/h3-4,8-9,14,16H,5-6,10-11H2,1-2H3. The molecule has 0 N–H and O–H groups in total. The van der Waals surface area contributed by atoms with Gasteiger partial charge in [0.15, 0.2) is 5.65 Å². The molecule has 5 rings (SSSR count). The van der Waals surface area contributed by atoms with Crippen LogP contribution in [0.5, 0.6) is 0 Å². The summed E-state index contributed by atoms with van der Waals surface area (Å²) in [7, 11) is 1.92. The van der Waals surface area contributed by atoms with Gasteiger partial charge in [-0.2, -0.15) is 10.4 Å². The zero-order valence-corrected chi connectivity index (χ0v) is 15.4. The van der Waals surface area contributed by atoms with Crippen molar-refractivity contribution in [3.63, 3.8) is 0 Å². The Morgan fingerprint density at radius 3 is 2.85 bits per heavy atom. The average Bonchev–Trinajstić information content (AvgIpc) is 3.36. The fraction of sp³-hybridized carbons (Fsp3) is 0.421. The largest absolute Gasteiger partial charge is 0.354 e. The van der Waals surface area contributed by atoms with Gasteiger partial charge >= 0.3 is 0 Å². The van der Waals surface area contributed by atoms with Crippen molar-refractivity contribution < 1.29 is 0 Å². The van der Waals surface area contributed by atoms with Crippen molar-refractivity contribution in [1.29, 1.82) is 5.26 Å². The Labute approximate surface area is 157 Å². The van der Waals surface area contributed by atoms with Crippen molar-refractivity contribution in [2.24, 2.45) is 13.0 Å². The van der Waals surface area contributed by atoms with Crippen molar-refractivity contribution in [2.75, 3.05) is 29.4 Å². The molecule has 0 radical (unpaired) electrons. The lowest BCUT2D eigenvalue weighted by Gasteiger charge is -2.26. The molecule has 2 fully saturated rings. The lowest BCUT2D eigenvalue weighted by molar-refractivity contribution is 0.580. The molecule has 8 nitrogen and oxygen atoms in total. The van der Waals surface area contributed by atoms with Crippen LogP contribution in [-0.4, -0.2) is 50.4 Å². The Kier molecular flexibility index (Phi) is 3.50. The topological polar surface area (TPSA) is 86.8 Å². The van der Waals surface area contributed by atoms with E-state index < -0.39 is 0 Å². The number of aromatic nitrogens is 5. The predicted octanol–water partition coefficient (Wildman–Crippen LogP) is 1.65. The van der Waals surface area contributed by atoms with Crippen LogP contribution >= 0.6 is 0 Å². The van der Waals surface area contributed by atoms with Crippen LogP contribution in [0.4, 0.5) is 11.6 Å². The van der Waals surface area contributed by atoms with Crippen LogP contribution in [0.2, 0.25) is 0 Å².